The maximum atomic E-state index is 13.0. The molecule has 1 atom stereocenters. The zero-order valence-corrected chi connectivity index (χ0v) is 17.8. The summed E-state index contributed by atoms with van der Waals surface area (Å²) in [6.45, 7) is 4.98. The van der Waals surface area contributed by atoms with Crippen molar-refractivity contribution < 1.29 is 17.9 Å². The number of nitrogens with zero attached hydrogens (tertiary/aromatic N) is 2. The quantitative estimate of drug-likeness (QED) is 0.726. The molecule has 1 aromatic rings. The number of aryl methyl sites for hydroxylation is 1. The maximum absolute atomic E-state index is 13.0. The minimum Gasteiger partial charge on any atom is -0.496 e. The topological polar surface area (TPSA) is 66.9 Å². The summed E-state index contributed by atoms with van der Waals surface area (Å²) in [4.78, 5) is 14.8. The van der Waals surface area contributed by atoms with Crippen LogP contribution in [0.2, 0.25) is 0 Å². The lowest BCUT2D eigenvalue weighted by molar-refractivity contribution is -0.132. The number of sulfonamides is 1. The number of hydrogen-bond acceptors (Lipinski definition) is 4. The standard InChI is InChI=1S/C21H32N2O4S/c1-17-7-6-12-22(16-17)21(24)11-8-18-15-19(9-10-20(18)27-2)28(25,26)23-13-4-3-5-14-23/h9-10,15,17H,3-8,11-14,16H2,1-2H3/t17-/m0/s1. The lowest BCUT2D eigenvalue weighted by Gasteiger charge is -2.31. The van der Waals surface area contributed by atoms with Crippen molar-refractivity contribution >= 4 is 15.9 Å². The van der Waals surface area contributed by atoms with E-state index >= 15 is 0 Å². The lowest BCUT2D eigenvalue weighted by Crippen LogP contribution is -2.39. The fourth-order valence-corrected chi connectivity index (χ4v) is 5.75. The highest BCUT2D eigenvalue weighted by atomic mass is 32.2. The molecule has 1 aromatic carbocycles. The van der Waals surface area contributed by atoms with Crippen LogP contribution in [0.15, 0.2) is 23.1 Å². The predicted molar refractivity (Wildman–Crippen MR) is 109 cm³/mol. The normalized spacial score (nSPS) is 21.5. The van der Waals surface area contributed by atoms with Gasteiger partial charge in [0.05, 0.1) is 12.0 Å². The molecule has 0 radical (unpaired) electrons. The van der Waals surface area contributed by atoms with E-state index in [9.17, 15) is 13.2 Å². The molecule has 7 heteroatoms. The molecule has 6 nitrogen and oxygen atoms in total. The summed E-state index contributed by atoms with van der Waals surface area (Å²) < 4.78 is 32.9. The molecule has 0 N–H and O–H groups in total. The Hall–Kier alpha value is -1.60. The number of benzene rings is 1. The number of piperidine rings is 2. The van der Waals surface area contributed by atoms with Crippen molar-refractivity contribution in [1.29, 1.82) is 0 Å². The molecule has 0 unspecified atom stereocenters. The molecule has 2 heterocycles. The maximum Gasteiger partial charge on any atom is 0.243 e. The number of carbonyl (C=O) groups is 1. The third-order valence-corrected chi connectivity index (χ3v) is 7.72. The molecule has 3 rings (SSSR count). The van der Waals surface area contributed by atoms with Gasteiger partial charge in [0.1, 0.15) is 5.75 Å². The number of carbonyl (C=O) groups excluding carboxylic acids is 1. The van der Waals surface area contributed by atoms with Gasteiger partial charge in [0.2, 0.25) is 15.9 Å². The van der Waals surface area contributed by atoms with Crippen molar-refractivity contribution in [2.24, 2.45) is 5.92 Å². The third kappa shape index (κ3) is 4.87. The minimum atomic E-state index is -3.49. The van der Waals surface area contributed by atoms with E-state index in [1.54, 1.807) is 29.6 Å². The van der Waals surface area contributed by atoms with E-state index in [2.05, 4.69) is 6.92 Å². The third-order valence-electron chi connectivity index (χ3n) is 5.82. The van der Waals surface area contributed by atoms with E-state index in [1.807, 2.05) is 4.90 Å². The van der Waals surface area contributed by atoms with E-state index in [1.165, 1.54) is 6.42 Å². The molecule has 2 fully saturated rings. The van der Waals surface area contributed by atoms with Crippen molar-refractivity contribution in [2.45, 2.75) is 56.8 Å². The zero-order chi connectivity index (χ0) is 20.1. The van der Waals surface area contributed by atoms with Crippen LogP contribution in [-0.2, 0) is 21.2 Å². The van der Waals surface area contributed by atoms with Crippen molar-refractivity contribution in [1.82, 2.24) is 9.21 Å². The summed E-state index contributed by atoms with van der Waals surface area (Å²) in [6, 6.07) is 5.01. The monoisotopic (exact) mass is 408 g/mol. The first-order valence-electron chi connectivity index (χ1n) is 10.4. The highest BCUT2D eigenvalue weighted by Gasteiger charge is 2.27. The van der Waals surface area contributed by atoms with Gasteiger partial charge in [0, 0.05) is 32.6 Å². The number of rotatable bonds is 6. The Kier molecular flexibility index (Phi) is 6.99. The minimum absolute atomic E-state index is 0.137. The van der Waals surface area contributed by atoms with Gasteiger partial charge in [0.15, 0.2) is 0 Å². The number of ether oxygens (including phenoxy) is 1. The number of methoxy groups -OCH3 is 1. The van der Waals surface area contributed by atoms with Gasteiger partial charge < -0.3 is 9.64 Å². The molecule has 0 bridgehead atoms. The average Bonchev–Trinajstić information content (AvgIpc) is 2.72. The fourth-order valence-electron chi connectivity index (χ4n) is 4.18. The first-order chi connectivity index (χ1) is 13.4. The highest BCUT2D eigenvalue weighted by molar-refractivity contribution is 7.89. The molecule has 0 spiro atoms. The molecule has 2 aliphatic rings. The van der Waals surface area contributed by atoms with Crippen molar-refractivity contribution in [3.05, 3.63) is 23.8 Å². The Labute approximate surface area is 168 Å². The Balaban J connectivity index is 1.73. The molecule has 156 valence electrons. The molecule has 2 aliphatic heterocycles. The van der Waals surface area contributed by atoms with Crippen LogP contribution >= 0.6 is 0 Å². The van der Waals surface area contributed by atoms with Gasteiger partial charge in [-0.25, -0.2) is 8.42 Å². The Morgan fingerprint density at radius 3 is 2.57 bits per heavy atom. The van der Waals surface area contributed by atoms with Gasteiger partial charge >= 0.3 is 0 Å². The van der Waals surface area contributed by atoms with E-state index in [0.717, 1.165) is 44.3 Å². The number of amides is 1. The average molecular weight is 409 g/mol. The highest BCUT2D eigenvalue weighted by Crippen LogP contribution is 2.27. The Bertz CT molecular complexity index is 788. The summed E-state index contributed by atoms with van der Waals surface area (Å²) >= 11 is 0. The molecule has 0 saturated carbocycles. The van der Waals surface area contributed by atoms with Crippen LogP contribution < -0.4 is 4.74 Å². The Morgan fingerprint density at radius 2 is 1.89 bits per heavy atom. The summed E-state index contributed by atoms with van der Waals surface area (Å²) in [5, 5.41) is 0. The van der Waals surface area contributed by atoms with E-state index in [0.29, 0.717) is 42.5 Å². The van der Waals surface area contributed by atoms with Crippen LogP contribution in [-0.4, -0.2) is 56.8 Å². The van der Waals surface area contributed by atoms with Crippen molar-refractivity contribution in [2.75, 3.05) is 33.3 Å². The molecule has 1 amide bonds. The van der Waals surface area contributed by atoms with Crippen LogP contribution in [0.3, 0.4) is 0 Å². The fraction of sp³-hybridized carbons (Fsp3) is 0.667. The molecule has 0 aliphatic carbocycles. The molecule has 2 saturated heterocycles. The number of likely N-dealkylation sites (tertiary alicyclic amines) is 1. The van der Waals surface area contributed by atoms with Crippen LogP contribution in [0, 0.1) is 5.92 Å². The van der Waals surface area contributed by atoms with E-state index in [4.69, 9.17) is 4.74 Å². The number of hydrogen-bond donors (Lipinski definition) is 0. The van der Waals surface area contributed by atoms with Gasteiger partial charge in [0.25, 0.3) is 0 Å². The van der Waals surface area contributed by atoms with Crippen molar-refractivity contribution in [3.63, 3.8) is 0 Å². The predicted octanol–water partition coefficient (Wildman–Crippen LogP) is 3.06. The van der Waals surface area contributed by atoms with Gasteiger partial charge in [-0.1, -0.05) is 13.3 Å². The second kappa shape index (κ2) is 9.27. The molecule has 28 heavy (non-hydrogen) atoms. The summed E-state index contributed by atoms with van der Waals surface area (Å²) in [6.07, 6.45) is 5.98. The summed E-state index contributed by atoms with van der Waals surface area (Å²) in [5.74, 6) is 1.32. The van der Waals surface area contributed by atoms with Crippen LogP contribution in [0.5, 0.6) is 5.75 Å². The first kappa shape index (κ1) is 21.1. The van der Waals surface area contributed by atoms with Gasteiger partial charge in [-0.3, -0.25) is 4.79 Å². The molecular weight excluding hydrogens is 376 g/mol. The van der Waals surface area contributed by atoms with Crippen LogP contribution in [0.1, 0.15) is 51.0 Å². The second-order valence-corrected chi connectivity index (χ2v) is 9.96. The van der Waals surface area contributed by atoms with Gasteiger partial charge in [-0.15, -0.1) is 0 Å². The van der Waals surface area contributed by atoms with Gasteiger partial charge in [-0.05, 0) is 61.8 Å². The summed E-state index contributed by atoms with van der Waals surface area (Å²) in [5.41, 5.74) is 0.777. The van der Waals surface area contributed by atoms with E-state index in [-0.39, 0.29) is 5.91 Å². The van der Waals surface area contributed by atoms with Crippen LogP contribution in [0.25, 0.3) is 0 Å². The Morgan fingerprint density at radius 1 is 1.14 bits per heavy atom. The first-order valence-corrected chi connectivity index (χ1v) is 11.8. The van der Waals surface area contributed by atoms with E-state index < -0.39 is 10.0 Å². The largest absolute Gasteiger partial charge is 0.496 e. The van der Waals surface area contributed by atoms with Gasteiger partial charge in [-0.2, -0.15) is 4.31 Å². The summed E-state index contributed by atoms with van der Waals surface area (Å²) in [7, 11) is -1.92. The smallest absolute Gasteiger partial charge is 0.243 e. The molecule has 0 aromatic heterocycles. The second-order valence-electron chi connectivity index (χ2n) is 8.03. The van der Waals surface area contributed by atoms with Crippen molar-refractivity contribution in [3.8, 4) is 5.75 Å². The zero-order valence-electron chi connectivity index (χ0n) is 17.0. The lowest BCUT2D eigenvalue weighted by atomic mass is 9.99. The molecular formula is C21H32N2O4S. The SMILES string of the molecule is COc1ccc(S(=O)(=O)N2CCCCC2)cc1CCC(=O)N1CCC[C@H](C)C1. The van der Waals surface area contributed by atoms with Crippen LogP contribution in [0.4, 0.5) is 0 Å².